The predicted octanol–water partition coefficient (Wildman–Crippen LogP) is 4.21. The van der Waals surface area contributed by atoms with Crippen LogP contribution in [-0.2, 0) is 17.6 Å². The molecule has 5 nitrogen and oxygen atoms in total. The Morgan fingerprint density at radius 1 is 0.875 bits per heavy atom. The summed E-state index contributed by atoms with van der Waals surface area (Å²) < 4.78 is 0. The molecule has 3 N–H and O–H groups in total. The number of benzene rings is 3. The number of carbonyl (C=O) groups is 2. The highest BCUT2D eigenvalue weighted by molar-refractivity contribution is 6.10. The highest BCUT2D eigenvalue weighted by Crippen LogP contribution is 2.24. The van der Waals surface area contributed by atoms with Crippen LogP contribution in [0.1, 0.15) is 33.1 Å². The molecule has 162 valence electrons. The normalized spacial score (nSPS) is 11.9. The SMILES string of the molecule is CNC(=O)Cc1ccc(CCNC(C(=O)c2c[nH]c3ccccc23)c2ccccc2)cc1. The molecule has 1 atom stereocenters. The van der Waals surface area contributed by atoms with Crippen molar-refractivity contribution in [3.63, 3.8) is 0 Å². The lowest BCUT2D eigenvalue weighted by molar-refractivity contribution is -0.119. The predicted molar refractivity (Wildman–Crippen MR) is 128 cm³/mol. The Labute approximate surface area is 187 Å². The molecule has 0 spiro atoms. The van der Waals surface area contributed by atoms with Gasteiger partial charge in [0.2, 0.25) is 5.91 Å². The van der Waals surface area contributed by atoms with Crippen molar-refractivity contribution in [1.82, 2.24) is 15.6 Å². The van der Waals surface area contributed by atoms with Crippen molar-refractivity contribution < 1.29 is 9.59 Å². The number of hydrogen-bond acceptors (Lipinski definition) is 3. The van der Waals surface area contributed by atoms with Gasteiger partial charge in [0.05, 0.1) is 12.5 Å². The van der Waals surface area contributed by atoms with Crippen molar-refractivity contribution >= 4 is 22.6 Å². The second-order valence-corrected chi connectivity index (χ2v) is 7.83. The highest BCUT2D eigenvalue weighted by Gasteiger charge is 2.23. The van der Waals surface area contributed by atoms with Gasteiger partial charge in [0.25, 0.3) is 0 Å². The second-order valence-electron chi connectivity index (χ2n) is 7.83. The van der Waals surface area contributed by atoms with Crippen LogP contribution < -0.4 is 10.6 Å². The summed E-state index contributed by atoms with van der Waals surface area (Å²) in [4.78, 5) is 28.3. The smallest absolute Gasteiger partial charge is 0.224 e. The van der Waals surface area contributed by atoms with Gasteiger partial charge in [-0.15, -0.1) is 0 Å². The van der Waals surface area contributed by atoms with Gasteiger partial charge >= 0.3 is 0 Å². The Balaban J connectivity index is 1.47. The van der Waals surface area contributed by atoms with Crippen LogP contribution in [0.25, 0.3) is 10.9 Å². The highest BCUT2D eigenvalue weighted by atomic mass is 16.1. The molecule has 3 aromatic carbocycles. The zero-order valence-electron chi connectivity index (χ0n) is 18.1. The first-order valence-electron chi connectivity index (χ1n) is 10.8. The molecule has 0 saturated heterocycles. The summed E-state index contributed by atoms with van der Waals surface area (Å²) in [6.45, 7) is 0.655. The Morgan fingerprint density at radius 2 is 1.56 bits per heavy atom. The molecule has 1 aromatic heterocycles. The number of likely N-dealkylation sites (N-methyl/N-ethyl adjacent to an activating group) is 1. The van der Waals surface area contributed by atoms with E-state index in [0.717, 1.165) is 34.0 Å². The number of hydrogen-bond donors (Lipinski definition) is 3. The van der Waals surface area contributed by atoms with E-state index in [0.29, 0.717) is 18.5 Å². The maximum absolute atomic E-state index is 13.5. The van der Waals surface area contributed by atoms with Gasteiger partial charge in [-0.2, -0.15) is 0 Å². The quantitative estimate of drug-likeness (QED) is 0.352. The Kier molecular flexibility index (Phi) is 6.78. The van der Waals surface area contributed by atoms with E-state index in [9.17, 15) is 9.59 Å². The topological polar surface area (TPSA) is 74.0 Å². The molecule has 4 aromatic rings. The van der Waals surface area contributed by atoms with E-state index in [1.54, 1.807) is 13.2 Å². The molecule has 1 heterocycles. The molecule has 5 heteroatoms. The molecule has 0 aliphatic heterocycles. The molecule has 0 saturated carbocycles. The van der Waals surface area contributed by atoms with Crippen LogP contribution in [0, 0.1) is 0 Å². The van der Waals surface area contributed by atoms with Crippen LogP contribution in [0.15, 0.2) is 85.1 Å². The van der Waals surface area contributed by atoms with Crippen LogP contribution >= 0.6 is 0 Å². The van der Waals surface area contributed by atoms with Gasteiger partial charge in [-0.1, -0.05) is 72.8 Å². The molecule has 1 unspecified atom stereocenters. The van der Waals surface area contributed by atoms with E-state index in [2.05, 4.69) is 15.6 Å². The molecular formula is C27H27N3O2. The zero-order valence-corrected chi connectivity index (χ0v) is 18.1. The van der Waals surface area contributed by atoms with E-state index in [1.165, 1.54) is 0 Å². The molecule has 0 radical (unpaired) electrons. The van der Waals surface area contributed by atoms with Crippen molar-refractivity contribution in [2.24, 2.45) is 0 Å². The number of para-hydroxylation sites is 1. The van der Waals surface area contributed by atoms with Crippen molar-refractivity contribution in [3.05, 3.63) is 107 Å². The Hall–Kier alpha value is -3.70. The fraction of sp³-hybridized carbons (Fsp3) is 0.185. The summed E-state index contributed by atoms with van der Waals surface area (Å²) in [6.07, 6.45) is 2.96. The van der Waals surface area contributed by atoms with E-state index < -0.39 is 6.04 Å². The molecule has 0 fully saturated rings. The molecule has 4 rings (SSSR count). The maximum atomic E-state index is 13.5. The van der Waals surface area contributed by atoms with Crippen molar-refractivity contribution in [2.75, 3.05) is 13.6 Å². The van der Waals surface area contributed by atoms with E-state index in [-0.39, 0.29) is 11.7 Å². The lowest BCUT2D eigenvalue weighted by atomic mass is 9.96. The molecule has 32 heavy (non-hydrogen) atoms. The first-order chi connectivity index (χ1) is 15.7. The lowest BCUT2D eigenvalue weighted by Crippen LogP contribution is -2.30. The van der Waals surface area contributed by atoms with Gasteiger partial charge in [0, 0.05) is 36.3 Å². The van der Waals surface area contributed by atoms with Crippen LogP contribution in [0.3, 0.4) is 0 Å². The zero-order chi connectivity index (χ0) is 22.3. The number of fused-ring (bicyclic) bond motifs is 1. The van der Waals surface area contributed by atoms with Crippen molar-refractivity contribution in [2.45, 2.75) is 18.9 Å². The number of nitrogens with one attached hydrogen (secondary N) is 3. The molecular weight excluding hydrogens is 398 g/mol. The standard InChI is InChI=1S/C27H27N3O2/c1-28-25(31)17-20-13-11-19(12-14-20)15-16-29-26(21-7-3-2-4-8-21)27(32)23-18-30-24-10-6-5-9-22(23)24/h2-14,18,26,29-30H,15-17H2,1H3,(H,28,31). The van der Waals surface area contributed by atoms with Gasteiger partial charge in [-0.25, -0.2) is 0 Å². The molecule has 1 amide bonds. The van der Waals surface area contributed by atoms with Crippen LogP contribution in [-0.4, -0.2) is 30.3 Å². The average Bonchev–Trinajstić information content (AvgIpc) is 3.27. The molecule has 0 aliphatic rings. The number of carbonyl (C=O) groups excluding carboxylic acids is 2. The average molecular weight is 426 g/mol. The minimum Gasteiger partial charge on any atom is -0.360 e. The first kappa shape index (κ1) is 21.5. The maximum Gasteiger partial charge on any atom is 0.224 e. The first-order valence-corrected chi connectivity index (χ1v) is 10.8. The van der Waals surface area contributed by atoms with Crippen molar-refractivity contribution in [3.8, 4) is 0 Å². The third-order valence-corrected chi connectivity index (χ3v) is 5.68. The Morgan fingerprint density at radius 3 is 2.31 bits per heavy atom. The number of Topliss-reactive ketones (excluding diaryl/α,β-unsaturated/α-hetero) is 1. The second kappa shape index (κ2) is 10.1. The number of rotatable bonds is 9. The summed E-state index contributed by atoms with van der Waals surface area (Å²) in [6, 6.07) is 25.3. The summed E-state index contributed by atoms with van der Waals surface area (Å²) in [5.74, 6) is 0.0514. The van der Waals surface area contributed by atoms with Gasteiger partial charge < -0.3 is 15.6 Å². The fourth-order valence-corrected chi connectivity index (χ4v) is 3.90. The monoisotopic (exact) mass is 425 g/mol. The summed E-state index contributed by atoms with van der Waals surface area (Å²) in [5.41, 5.74) is 4.74. The lowest BCUT2D eigenvalue weighted by Gasteiger charge is -2.18. The Bertz CT molecular complexity index is 1200. The summed E-state index contributed by atoms with van der Waals surface area (Å²) in [7, 11) is 1.64. The minimum absolute atomic E-state index is 0.000845. The molecule has 0 aliphatic carbocycles. The summed E-state index contributed by atoms with van der Waals surface area (Å²) in [5, 5.41) is 7.04. The van der Waals surface area contributed by atoms with E-state index in [4.69, 9.17) is 0 Å². The fourth-order valence-electron chi connectivity index (χ4n) is 3.90. The number of aromatic amines is 1. The number of amides is 1. The van der Waals surface area contributed by atoms with Gasteiger partial charge in [0.1, 0.15) is 0 Å². The van der Waals surface area contributed by atoms with Crippen LogP contribution in [0.5, 0.6) is 0 Å². The number of aromatic nitrogens is 1. The van der Waals surface area contributed by atoms with Gasteiger partial charge in [0.15, 0.2) is 5.78 Å². The molecule has 0 bridgehead atoms. The van der Waals surface area contributed by atoms with E-state index in [1.807, 2.05) is 78.9 Å². The van der Waals surface area contributed by atoms with Crippen LogP contribution in [0.4, 0.5) is 0 Å². The van der Waals surface area contributed by atoms with Gasteiger partial charge in [-0.3, -0.25) is 9.59 Å². The van der Waals surface area contributed by atoms with E-state index >= 15 is 0 Å². The van der Waals surface area contributed by atoms with Crippen molar-refractivity contribution in [1.29, 1.82) is 0 Å². The largest absolute Gasteiger partial charge is 0.360 e. The summed E-state index contributed by atoms with van der Waals surface area (Å²) >= 11 is 0. The van der Waals surface area contributed by atoms with Gasteiger partial charge in [-0.05, 0) is 29.2 Å². The third kappa shape index (κ3) is 4.95. The minimum atomic E-state index is -0.428. The third-order valence-electron chi connectivity index (χ3n) is 5.68. The number of H-pyrrole nitrogens is 1. The van der Waals surface area contributed by atoms with Crippen LogP contribution in [0.2, 0.25) is 0 Å². The number of ketones is 1.